The molecule has 0 heterocycles. The summed E-state index contributed by atoms with van der Waals surface area (Å²) in [4.78, 5) is 12.8. The fourth-order valence-corrected chi connectivity index (χ4v) is 10.3. The summed E-state index contributed by atoms with van der Waals surface area (Å²) in [6.07, 6.45) is 8.33. The molecule has 0 saturated heterocycles. The number of Topliss-reactive ketones (excluding diaryl/α,β-unsaturated/α-hetero) is 1. The summed E-state index contributed by atoms with van der Waals surface area (Å²) < 4.78 is 35.4. The summed E-state index contributed by atoms with van der Waals surface area (Å²) in [6.45, 7) is 4.56. The van der Waals surface area contributed by atoms with E-state index < -0.39 is 15.4 Å². The van der Waals surface area contributed by atoms with Gasteiger partial charge in [-0.2, -0.15) is 0 Å². The van der Waals surface area contributed by atoms with Gasteiger partial charge < -0.3 is 4.74 Å². The molecule has 0 radical (unpaired) electrons. The lowest BCUT2D eigenvalue weighted by Gasteiger charge is -2.60. The normalized spacial score (nSPS) is 48.5. The molecule has 0 aromatic carbocycles. The molecule has 0 aliphatic heterocycles. The van der Waals surface area contributed by atoms with E-state index in [9.17, 15) is 13.2 Å². The van der Waals surface area contributed by atoms with Crippen LogP contribution in [0.25, 0.3) is 0 Å². The molecule has 0 amide bonds. The fraction of sp³-hybridized carbons (Fsp3) is 0.955. The molecule has 0 aromatic rings. The number of nitrogens with one attached hydrogen (secondary N) is 1. The van der Waals surface area contributed by atoms with Crippen molar-refractivity contribution in [1.82, 2.24) is 4.72 Å². The first kappa shape index (κ1) is 19.5. The highest BCUT2D eigenvalue weighted by Gasteiger charge is 2.65. The van der Waals surface area contributed by atoms with Gasteiger partial charge in [0.1, 0.15) is 5.78 Å². The van der Waals surface area contributed by atoms with Crippen LogP contribution in [0.1, 0.15) is 65.2 Å². The van der Waals surface area contributed by atoms with Gasteiger partial charge in [0.25, 0.3) is 0 Å². The monoisotopic (exact) mass is 409 g/mol. The van der Waals surface area contributed by atoms with Gasteiger partial charge >= 0.3 is 0 Å². The molecule has 5 nitrogen and oxygen atoms in total. The number of fused-ring (bicyclic) bond motifs is 2. The third kappa shape index (κ3) is 2.49. The molecule has 6 rings (SSSR count). The number of rotatable bonds is 6. The smallest absolute Gasteiger partial charge is 0.212 e. The molecule has 6 aliphatic rings. The van der Waals surface area contributed by atoms with Gasteiger partial charge in [0.05, 0.1) is 11.4 Å². The third-order valence-electron chi connectivity index (χ3n) is 10.0. The molecule has 6 fully saturated rings. The Morgan fingerprint density at radius 1 is 1.04 bits per heavy atom. The van der Waals surface area contributed by atoms with Crippen LogP contribution in [-0.4, -0.2) is 39.2 Å². The molecule has 0 spiro atoms. The second-order valence-electron chi connectivity index (χ2n) is 11.2. The maximum absolute atomic E-state index is 13.2. The molecule has 1 N–H and O–H groups in total. The minimum absolute atomic E-state index is 0.0529. The molecule has 6 aliphatic carbocycles. The zero-order chi connectivity index (χ0) is 19.9. The van der Waals surface area contributed by atoms with Crippen molar-refractivity contribution in [3.63, 3.8) is 0 Å². The van der Waals surface area contributed by atoms with Crippen LogP contribution in [0.2, 0.25) is 0 Å². The molecule has 2 unspecified atom stereocenters. The molecule has 6 bridgehead atoms. The van der Waals surface area contributed by atoms with Crippen molar-refractivity contribution >= 4 is 15.8 Å². The van der Waals surface area contributed by atoms with Gasteiger partial charge in [-0.3, -0.25) is 4.79 Å². The summed E-state index contributed by atoms with van der Waals surface area (Å²) in [5.74, 6) is 3.01. The lowest BCUT2D eigenvalue weighted by Crippen LogP contribution is -2.63. The number of carbonyl (C=O) groups is 1. The maximum atomic E-state index is 13.2. The lowest BCUT2D eigenvalue weighted by atomic mass is 9.50. The maximum Gasteiger partial charge on any atom is 0.212 e. The third-order valence-corrected chi connectivity index (χ3v) is 11.5. The standard InChI is InChI=1S/C22H35NO4S/c1-20(2)16-4-5-21(20,19(24)11-16)13-28(25,26)23-12-22(27-3)17-7-14-6-15(9-17)10-18(22)8-14/h14-18,23H,4-13H2,1-3H3. The zero-order valence-electron chi connectivity index (χ0n) is 17.5. The Morgan fingerprint density at radius 2 is 1.64 bits per heavy atom. The number of ether oxygens (including phenoxy) is 1. The summed E-state index contributed by atoms with van der Waals surface area (Å²) in [5.41, 5.74) is -1.28. The number of ketones is 1. The van der Waals surface area contributed by atoms with Gasteiger partial charge in [0.2, 0.25) is 10.0 Å². The van der Waals surface area contributed by atoms with Crippen molar-refractivity contribution in [3.8, 4) is 0 Å². The molecular weight excluding hydrogens is 374 g/mol. The van der Waals surface area contributed by atoms with E-state index in [1.165, 1.54) is 32.1 Å². The Morgan fingerprint density at radius 3 is 2.11 bits per heavy atom. The van der Waals surface area contributed by atoms with Crippen LogP contribution in [-0.2, 0) is 19.6 Å². The minimum Gasteiger partial charge on any atom is -0.376 e. The van der Waals surface area contributed by atoms with Crippen LogP contribution in [0.15, 0.2) is 0 Å². The van der Waals surface area contributed by atoms with E-state index in [1.807, 2.05) is 0 Å². The van der Waals surface area contributed by atoms with E-state index in [1.54, 1.807) is 7.11 Å². The van der Waals surface area contributed by atoms with Gasteiger partial charge in [-0.25, -0.2) is 13.1 Å². The molecular formula is C22H35NO4S. The largest absolute Gasteiger partial charge is 0.376 e. The van der Waals surface area contributed by atoms with E-state index in [0.717, 1.165) is 18.3 Å². The predicted octanol–water partition coefficient (Wildman–Crippen LogP) is 3.14. The van der Waals surface area contributed by atoms with E-state index in [2.05, 4.69) is 18.6 Å². The van der Waals surface area contributed by atoms with Crippen LogP contribution in [0.3, 0.4) is 0 Å². The first-order chi connectivity index (χ1) is 13.1. The van der Waals surface area contributed by atoms with Crippen LogP contribution in [0.5, 0.6) is 0 Å². The zero-order valence-corrected chi connectivity index (χ0v) is 18.3. The van der Waals surface area contributed by atoms with Crippen molar-refractivity contribution in [3.05, 3.63) is 0 Å². The van der Waals surface area contributed by atoms with Gasteiger partial charge in [-0.05, 0) is 80.0 Å². The topological polar surface area (TPSA) is 72.5 Å². The number of carbonyl (C=O) groups excluding carboxylic acids is 1. The molecule has 28 heavy (non-hydrogen) atoms. The molecule has 158 valence electrons. The Bertz CT molecular complexity index is 760. The van der Waals surface area contributed by atoms with Crippen molar-refractivity contribution in [2.45, 2.75) is 70.8 Å². The average Bonchev–Trinajstić information content (AvgIpc) is 2.95. The molecule has 6 saturated carbocycles. The van der Waals surface area contributed by atoms with Crippen molar-refractivity contribution in [2.75, 3.05) is 19.4 Å². The predicted molar refractivity (Wildman–Crippen MR) is 107 cm³/mol. The molecule has 6 heteroatoms. The van der Waals surface area contributed by atoms with Crippen molar-refractivity contribution in [2.24, 2.45) is 40.4 Å². The Kier molecular flexibility index (Phi) is 4.21. The Balaban J connectivity index is 1.34. The van der Waals surface area contributed by atoms with E-state index in [-0.39, 0.29) is 22.6 Å². The first-order valence-electron chi connectivity index (χ1n) is 11.2. The molecule has 0 aromatic heterocycles. The summed E-state index contributed by atoms with van der Waals surface area (Å²) in [7, 11) is -1.78. The Labute approximate surface area is 169 Å². The van der Waals surface area contributed by atoms with Gasteiger partial charge in [0, 0.05) is 25.5 Å². The van der Waals surface area contributed by atoms with E-state index in [4.69, 9.17) is 4.74 Å². The highest BCUT2D eigenvalue weighted by Crippen LogP contribution is 2.64. The quantitative estimate of drug-likeness (QED) is 0.731. The van der Waals surface area contributed by atoms with Crippen LogP contribution >= 0.6 is 0 Å². The SMILES string of the molecule is COC1(CNS(=O)(=O)CC23CCC(CC2=O)C3(C)C)C2CC3CC(C2)CC1C3. The van der Waals surface area contributed by atoms with Crippen LogP contribution in [0.4, 0.5) is 0 Å². The highest BCUT2D eigenvalue weighted by molar-refractivity contribution is 7.89. The van der Waals surface area contributed by atoms with Gasteiger partial charge in [-0.15, -0.1) is 0 Å². The average molecular weight is 410 g/mol. The number of hydrogen-bond donors (Lipinski definition) is 1. The number of sulfonamides is 1. The summed E-state index contributed by atoms with van der Waals surface area (Å²) >= 11 is 0. The second-order valence-corrected chi connectivity index (χ2v) is 13.0. The summed E-state index contributed by atoms with van der Waals surface area (Å²) in [6, 6.07) is 0. The number of hydrogen-bond acceptors (Lipinski definition) is 4. The molecule has 2 atom stereocenters. The lowest BCUT2D eigenvalue weighted by molar-refractivity contribution is -0.185. The van der Waals surface area contributed by atoms with E-state index in [0.29, 0.717) is 37.1 Å². The van der Waals surface area contributed by atoms with Crippen LogP contribution < -0.4 is 4.72 Å². The number of methoxy groups -OCH3 is 1. The van der Waals surface area contributed by atoms with Crippen molar-refractivity contribution in [1.29, 1.82) is 0 Å². The Hall–Kier alpha value is -0.460. The van der Waals surface area contributed by atoms with Gasteiger partial charge in [-0.1, -0.05) is 13.8 Å². The fourth-order valence-electron chi connectivity index (χ4n) is 8.38. The summed E-state index contributed by atoms with van der Waals surface area (Å²) in [5, 5.41) is 0. The van der Waals surface area contributed by atoms with E-state index >= 15 is 0 Å². The van der Waals surface area contributed by atoms with Crippen LogP contribution in [0, 0.1) is 40.4 Å². The van der Waals surface area contributed by atoms with Crippen molar-refractivity contribution < 1.29 is 17.9 Å². The van der Waals surface area contributed by atoms with Gasteiger partial charge in [0.15, 0.2) is 0 Å². The highest BCUT2D eigenvalue weighted by atomic mass is 32.2. The minimum atomic E-state index is -3.54. The second kappa shape index (κ2) is 6.04. The first-order valence-corrected chi connectivity index (χ1v) is 12.8.